The van der Waals surface area contributed by atoms with Gasteiger partial charge in [0, 0.05) is 36.7 Å². The van der Waals surface area contributed by atoms with Crippen LogP contribution < -0.4 is 5.32 Å². The Hall–Kier alpha value is -2.44. The van der Waals surface area contributed by atoms with E-state index in [1.807, 2.05) is 18.7 Å². The molecular weight excluding hydrogens is 334 g/mol. The minimum Gasteiger partial charge on any atom is -0.353 e. The molecule has 0 radical (unpaired) electrons. The van der Waals surface area contributed by atoms with Gasteiger partial charge >= 0.3 is 0 Å². The van der Waals surface area contributed by atoms with Crippen LogP contribution >= 0.6 is 0 Å². The first kappa shape index (κ1) is 19.9. The van der Waals surface area contributed by atoms with E-state index in [0.29, 0.717) is 31.5 Å². The van der Waals surface area contributed by atoms with Crippen molar-refractivity contribution in [1.82, 2.24) is 10.2 Å². The zero-order chi connectivity index (χ0) is 19.1. The van der Waals surface area contributed by atoms with Crippen LogP contribution in [0.25, 0.3) is 0 Å². The van der Waals surface area contributed by atoms with Crippen LogP contribution in [0.15, 0.2) is 24.3 Å². The molecule has 1 aliphatic heterocycles. The number of amides is 2. The number of carbonyl (C=O) groups excluding carboxylic acids is 2. The minimum absolute atomic E-state index is 0.00988. The van der Waals surface area contributed by atoms with Crippen molar-refractivity contribution < 1.29 is 14.5 Å². The first-order valence-electron chi connectivity index (χ1n) is 9.26. The average molecular weight is 361 g/mol. The van der Waals surface area contributed by atoms with Gasteiger partial charge in [-0.25, -0.2) is 0 Å². The number of likely N-dealkylation sites (tertiary alicyclic amines) is 1. The third kappa shape index (κ3) is 5.03. The van der Waals surface area contributed by atoms with Gasteiger partial charge in [-0.05, 0) is 25.7 Å². The van der Waals surface area contributed by atoms with Crippen LogP contribution in [-0.4, -0.2) is 40.8 Å². The van der Waals surface area contributed by atoms with Crippen molar-refractivity contribution in [1.29, 1.82) is 0 Å². The van der Waals surface area contributed by atoms with Crippen LogP contribution in [0.3, 0.4) is 0 Å². The van der Waals surface area contributed by atoms with Gasteiger partial charge in [0.15, 0.2) is 0 Å². The number of nitro benzene ring substituents is 1. The normalized spacial score (nSPS) is 15.1. The van der Waals surface area contributed by atoms with Crippen LogP contribution in [0.4, 0.5) is 5.69 Å². The second-order valence-electron chi connectivity index (χ2n) is 6.74. The monoisotopic (exact) mass is 361 g/mol. The SMILES string of the molecule is CCC(CC)C(=O)N1CCC(NC(=O)Cc2ccccc2[N+](=O)[O-])CC1. The summed E-state index contributed by atoms with van der Waals surface area (Å²) in [5.74, 6) is 0.0727. The summed E-state index contributed by atoms with van der Waals surface area (Å²) in [6.07, 6.45) is 3.12. The van der Waals surface area contributed by atoms with E-state index in [1.54, 1.807) is 18.2 Å². The molecule has 0 aliphatic carbocycles. The third-order valence-corrected chi connectivity index (χ3v) is 5.05. The van der Waals surface area contributed by atoms with E-state index in [9.17, 15) is 19.7 Å². The molecule has 1 saturated heterocycles. The number of benzene rings is 1. The standard InChI is InChI=1S/C19H27N3O4/c1-3-14(4-2)19(24)21-11-9-16(10-12-21)20-18(23)13-15-7-5-6-8-17(15)22(25)26/h5-8,14,16H,3-4,9-13H2,1-2H3,(H,20,23). The quantitative estimate of drug-likeness (QED) is 0.597. The first-order valence-corrected chi connectivity index (χ1v) is 9.26. The highest BCUT2D eigenvalue weighted by molar-refractivity contribution is 5.80. The number of hydrogen-bond acceptors (Lipinski definition) is 4. The van der Waals surface area contributed by atoms with Crippen molar-refractivity contribution in [3.63, 3.8) is 0 Å². The number of hydrogen-bond donors (Lipinski definition) is 1. The topological polar surface area (TPSA) is 92.6 Å². The Morgan fingerprint density at radius 2 is 1.85 bits per heavy atom. The molecule has 26 heavy (non-hydrogen) atoms. The number of para-hydroxylation sites is 1. The lowest BCUT2D eigenvalue weighted by molar-refractivity contribution is -0.385. The predicted molar refractivity (Wildman–Crippen MR) is 98.6 cm³/mol. The summed E-state index contributed by atoms with van der Waals surface area (Å²) in [7, 11) is 0. The van der Waals surface area contributed by atoms with E-state index in [4.69, 9.17) is 0 Å². The van der Waals surface area contributed by atoms with Crippen LogP contribution in [0.5, 0.6) is 0 Å². The van der Waals surface area contributed by atoms with E-state index in [2.05, 4.69) is 5.32 Å². The molecule has 0 unspecified atom stereocenters. The molecule has 142 valence electrons. The molecule has 1 aliphatic rings. The Morgan fingerprint density at radius 3 is 2.42 bits per heavy atom. The van der Waals surface area contributed by atoms with Gasteiger partial charge in [0.1, 0.15) is 0 Å². The molecule has 1 N–H and O–H groups in total. The van der Waals surface area contributed by atoms with Gasteiger partial charge in [0.2, 0.25) is 11.8 Å². The highest BCUT2D eigenvalue weighted by Crippen LogP contribution is 2.19. The summed E-state index contributed by atoms with van der Waals surface area (Å²) >= 11 is 0. The Bertz CT molecular complexity index is 650. The van der Waals surface area contributed by atoms with Gasteiger partial charge in [-0.3, -0.25) is 19.7 Å². The molecule has 2 rings (SSSR count). The zero-order valence-electron chi connectivity index (χ0n) is 15.4. The molecule has 0 aromatic heterocycles. The molecule has 1 fully saturated rings. The molecule has 2 amide bonds. The van der Waals surface area contributed by atoms with Crippen molar-refractivity contribution in [2.24, 2.45) is 5.92 Å². The molecule has 1 aromatic carbocycles. The number of nitrogens with one attached hydrogen (secondary N) is 1. The highest BCUT2D eigenvalue weighted by Gasteiger charge is 2.27. The van der Waals surface area contributed by atoms with Gasteiger partial charge in [-0.2, -0.15) is 0 Å². The Kier molecular flexibility index (Phi) is 7.12. The summed E-state index contributed by atoms with van der Waals surface area (Å²) < 4.78 is 0. The van der Waals surface area contributed by atoms with Crippen LogP contribution in [0.1, 0.15) is 45.1 Å². The van der Waals surface area contributed by atoms with E-state index >= 15 is 0 Å². The van der Waals surface area contributed by atoms with Gasteiger partial charge < -0.3 is 10.2 Å². The molecule has 0 atom stereocenters. The van der Waals surface area contributed by atoms with Gasteiger partial charge in [-0.15, -0.1) is 0 Å². The second kappa shape index (κ2) is 9.31. The average Bonchev–Trinajstić information content (AvgIpc) is 2.63. The minimum atomic E-state index is -0.468. The lowest BCUT2D eigenvalue weighted by atomic mass is 9.98. The molecule has 0 spiro atoms. The summed E-state index contributed by atoms with van der Waals surface area (Å²) in [6, 6.07) is 6.30. The summed E-state index contributed by atoms with van der Waals surface area (Å²) in [5.41, 5.74) is 0.379. The Balaban J connectivity index is 1.85. The van der Waals surface area contributed by atoms with Crippen molar-refractivity contribution in [3.05, 3.63) is 39.9 Å². The molecule has 1 heterocycles. The molecule has 1 aromatic rings. The zero-order valence-corrected chi connectivity index (χ0v) is 15.4. The summed E-state index contributed by atoms with van der Waals surface area (Å²) in [4.78, 5) is 37.1. The van der Waals surface area contributed by atoms with E-state index in [0.717, 1.165) is 12.8 Å². The lowest BCUT2D eigenvalue weighted by Crippen LogP contribution is -2.48. The van der Waals surface area contributed by atoms with E-state index < -0.39 is 4.92 Å². The Labute approximate surface area is 153 Å². The van der Waals surface area contributed by atoms with E-state index in [1.165, 1.54) is 6.07 Å². The largest absolute Gasteiger partial charge is 0.353 e. The van der Waals surface area contributed by atoms with Gasteiger partial charge in [0.05, 0.1) is 11.3 Å². The number of nitrogens with zero attached hydrogens (tertiary/aromatic N) is 2. The van der Waals surface area contributed by atoms with Gasteiger partial charge in [-0.1, -0.05) is 32.0 Å². The summed E-state index contributed by atoms with van der Waals surface area (Å²) in [5, 5.41) is 14.0. The van der Waals surface area contributed by atoms with Crippen molar-refractivity contribution in [3.8, 4) is 0 Å². The molecule has 7 heteroatoms. The first-order chi connectivity index (χ1) is 12.5. The van der Waals surface area contributed by atoms with Crippen LogP contribution in [0, 0.1) is 16.0 Å². The van der Waals surface area contributed by atoms with E-state index in [-0.39, 0.29) is 35.9 Å². The Morgan fingerprint density at radius 1 is 1.23 bits per heavy atom. The van der Waals surface area contributed by atoms with Gasteiger partial charge in [0.25, 0.3) is 5.69 Å². The van der Waals surface area contributed by atoms with Crippen LogP contribution in [0.2, 0.25) is 0 Å². The summed E-state index contributed by atoms with van der Waals surface area (Å²) in [6.45, 7) is 5.35. The molecule has 7 nitrogen and oxygen atoms in total. The lowest BCUT2D eigenvalue weighted by Gasteiger charge is -2.34. The fraction of sp³-hybridized carbons (Fsp3) is 0.579. The molecule has 0 bridgehead atoms. The number of rotatable bonds is 7. The highest BCUT2D eigenvalue weighted by atomic mass is 16.6. The number of nitro groups is 1. The van der Waals surface area contributed by atoms with Crippen LogP contribution in [-0.2, 0) is 16.0 Å². The third-order valence-electron chi connectivity index (χ3n) is 5.05. The number of carbonyl (C=O) groups is 2. The smallest absolute Gasteiger partial charge is 0.273 e. The fourth-order valence-electron chi connectivity index (χ4n) is 3.43. The number of piperidine rings is 1. The maximum atomic E-state index is 12.4. The van der Waals surface area contributed by atoms with Crippen molar-refractivity contribution in [2.75, 3.05) is 13.1 Å². The predicted octanol–water partition coefficient (Wildman–Crippen LogP) is 2.68. The van der Waals surface area contributed by atoms with Crippen molar-refractivity contribution in [2.45, 2.75) is 52.0 Å². The molecular formula is C19H27N3O4. The maximum Gasteiger partial charge on any atom is 0.273 e. The van der Waals surface area contributed by atoms with Crippen molar-refractivity contribution >= 4 is 17.5 Å². The molecule has 0 saturated carbocycles. The second-order valence-corrected chi connectivity index (χ2v) is 6.74. The maximum absolute atomic E-state index is 12.4. The fourth-order valence-corrected chi connectivity index (χ4v) is 3.43.